The van der Waals surface area contributed by atoms with E-state index in [1.807, 2.05) is 6.92 Å². The van der Waals surface area contributed by atoms with Crippen molar-refractivity contribution in [2.24, 2.45) is 0 Å². The first-order valence-electron chi connectivity index (χ1n) is 8.25. The molecule has 1 fully saturated rings. The van der Waals surface area contributed by atoms with Crippen molar-refractivity contribution < 1.29 is 0 Å². The summed E-state index contributed by atoms with van der Waals surface area (Å²) < 4.78 is 2.07. The third kappa shape index (κ3) is 4.25. The first-order valence-corrected chi connectivity index (χ1v) is 9.45. The summed E-state index contributed by atoms with van der Waals surface area (Å²) in [6.45, 7) is 9.05. The van der Waals surface area contributed by atoms with Crippen LogP contribution in [0.5, 0.6) is 0 Å². The Hall–Kier alpha value is -1.11. The molecular weight excluding hydrogens is 330 g/mol. The van der Waals surface area contributed by atoms with Gasteiger partial charge in [-0.2, -0.15) is 5.10 Å². The molecule has 7 heteroatoms. The minimum Gasteiger partial charge on any atom is -0.348 e. The summed E-state index contributed by atoms with van der Waals surface area (Å²) in [7, 11) is 0. The topological polar surface area (TPSA) is 46.0 Å². The van der Waals surface area contributed by atoms with E-state index in [2.05, 4.69) is 38.0 Å². The van der Waals surface area contributed by atoms with Crippen LogP contribution in [0.3, 0.4) is 0 Å². The van der Waals surface area contributed by atoms with Gasteiger partial charge in [0.2, 0.25) is 0 Å². The molecule has 126 valence electrons. The number of anilines is 1. The van der Waals surface area contributed by atoms with Gasteiger partial charge in [0.15, 0.2) is 5.13 Å². The molecular formula is C16H24ClN5S. The molecule has 2 aromatic rings. The van der Waals surface area contributed by atoms with Crippen molar-refractivity contribution in [1.82, 2.24) is 20.1 Å². The molecule has 0 spiro atoms. The minimum atomic E-state index is 0.656. The number of nitrogens with one attached hydrogen (secondary N) is 1. The van der Waals surface area contributed by atoms with Crippen LogP contribution in [0.1, 0.15) is 35.5 Å². The first-order chi connectivity index (χ1) is 11.1. The highest BCUT2D eigenvalue weighted by molar-refractivity contribution is 7.16. The smallest absolute Gasteiger partial charge is 0.187 e. The van der Waals surface area contributed by atoms with E-state index in [9.17, 15) is 0 Å². The van der Waals surface area contributed by atoms with Crippen molar-refractivity contribution >= 4 is 28.1 Å². The Labute approximate surface area is 146 Å². The molecule has 23 heavy (non-hydrogen) atoms. The van der Waals surface area contributed by atoms with Crippen LogP contribution in [0, 0.1) is 13.8 Å². The SMILES string of the molecule is Cc1cc(C)n(CCCNCc2sc(N3CCCC3)nc2Cl)n1. The number of nitrogens with zero attached hydrogens (tertiary/aromatic N) is 4. The van der Waals surface area contributed by atoms with E-state index >= 15 is 0 Å². The normalized spacial score (nSPS) is 14.8. The zero-order valence-electron chi connectivity index (χ0n) is 13.8. The fourth-order valence-electron chi connectivity index (χ4n) is 2.93. The molecule has 0 bridgehead atoms. The van der Waals surface area contributed by atoms with Gasteiger partial charge in [-0.3, -0.25) is 4.68 Å². The molecule has 0 aromatic carbocycles. The molecule has 1 aliphatic heterocycles. The summed E-state index contributed by atoms with van der Waals surface area (Å²) in [6.07, 6.45) is 3.57. The molecule has 0 amide bonds. The molecule has 1 saturated heterocycles. The van der Waals surface area contributed by atoms with Gasteiger partial charge in [-0.15, -0.1) is 0 Å². The lowest BCUT2D eigenvalue weighted by molar-refractivity contribution is 0.533. The summed E-state index contributed by atoms with van der Waals surface area (Å²) in [5.41, 5.74) is 2.31. The number of rotatable bonds is 7. The first kappa shape index (κ1) is 16.7. The highest BCUT2D eigenvalue weighted by Crippen LogP contribution is 2.31. The van der Waals surface area contributed by atoms with Gasteiger partial charge in [-0.05, 0) is 45.7 Å². The second-order valence-electron chi connectivity index (χ2n) is 6.09. The van der Waals surface area contributed by atoms with Crippen molar-refractivity contribution in [2.45, 2.75) is 46.2 Å². The third-order valence-electron chi connectivity index (χ3n) is 4.13. The average molecular weight is 354 g/mol. The summed E-state index contributed by atoms with van der Waals surface area (Å²) in [5.74, 6) is 0. The van der Waals surface area contributed by atoms with Crippen LogP contribution in [0.4, 0.5) is 5.13 Å². The van der Waals surface area contributed by atoms with Crippen molar-refractivity contribution in [1.29, 1.82) is 0 Å². The Morgan fingerprint density at radius 3 is 2.78 bits per heavy atom. The number of aromatic nitrogens is 3. The maximum Gasteiger partial charge on any atom is 0.187 e. The van der Waals surface area contributed by atoms with E-state index in [1.54, 1.807) is 11.3 Å². The Morgan fingerprint density at radius 1 is 1.30 bits per heavy atom. The molecule has 0 unspecified atom stereocenters. The van der Waals surface area contributed by atoms with Crippen molar-refractivity contribution in [3.63, 3.8) is 0 Å². The molecule has 1 aliphatic rings. The van der Waals surface area contributed by atoms with Crippen molar-refractivity contribution in [3.05, 3.63) is 27.5 Å². The predicted molar refractivity (Wildman–Crippen MR) is 96.6 cm³/mol. The zero-order chi connectivity index (χ0) is 16.2. The van der Waals surface area contributed by atoms with E-state index in [0.717, 1.165) is 54.8 Å². The number of halogens is 1. The van der Waals surface area contributed by atoms with Crippen LogP contribution in [-0.4, -0.2) is 34.4 Å². The molecule has 1 N–H and O–H groups in total. The lowest BCUT2D eigenvalue weighted by atomic mass is 10.4. The highest BCUT2D eigenvalue weighted by atomic mass is 35.5. The van der Waals surface area contributed by atoms with Gasteiger partial charge in [0.1, 0.15) is 5.15 Å². The molecule has 0 aliphatic carbocycles. The maximum atomic E-state index is 6.27. The summed E-state index contributed by atoms with van der Waals surface area (Å²) in [5, 5.41) is 9.68. The quantitative estimate of drug-likeness (QED) is 0.775. The maximum absolute atomic E-state index is 6.27. The summed E-state index contributed by atoms with van der Waals surface area (Å²) in [6, 6.07) is 2.12. The van der Waals surface area contributed by atoms with E-state index in [4.69, 9.17) is 11.6 Å². The Kier molecular flexibility index (Phi) is 5.56. The van der Waals surface area contributed by atoms with Crippen LogP contribution >= 0.6 is 22.9 Å². The van der Waals surface area contributed by atoms with Crippen molar-refractivity contribution in [3.8, 4) is 0 Å². The van der Waals surface area contributed by atoms with E-state index in [1.165, 1.54) is 18.5 Å². The van der Waals surface area contributed by atoms with Crippen LogP contribution in [-0.2, 0) is 13.1 Å². The molecule has 5 nitrogen and oxygen atoms in total. The molecule has 0 radical (unpaired) electrons. The Morgan fingerprint density at radius 2 is 2.09 bits per heavy atom. The standard InChI is InChI=1S/C16H24ClN5S/c1-12-10-13(2)22(20-12)9-5-6-18-11-14-15(17)19-16(23-14)21-7-3-4-8-21/h10,18H,3-9,11H2,1-2H3. The summed E-state index contributed by atoms with van der Waals surface area (Å²) in [4.78, 5) is 7.98. The Balaban J connectivity index is 1.43. The van der Waals surface area contributed by atoms with Crippen molar-refractivity contribution in [2.75, 3.05) is 24.5 Å². The van der Waals surface area contributed by atoms with E-state index < -0.39 is 0 Å². The lowest BCUT2D eigenvalue weighted by Gasteiger charge is -2.12. The Bertz CT molecular complexity index is 645. The van der Waals surface area contributed by atoms with Gasteiger partial charge >= 0.3 is 0 Å². The number of aryl methyl sites for hydroxylation is 3. The molecule has 2 aromatic heterocycles. The second-order valence-corrected chi connectivity index (χ2v) is 7.51. The van der Waals surface area contributed by atoms with Gasteiger partial charge in [0, 0.05) is 31.9 Å². The van der Waals surface area contributed by atoms with Crippen LogP contribution in [0.2, 0.25) is 5.15 Å². The highest BCUT2D eigenvalue weighted by Gasteiger charge is 2.18. The second kappa shape index (κ2) is 7.64. The average Bonchev–Trinajstić information content (AvgIpc) is 3.21. The lowest BCUT2D eigenvalue weighted by Crippen LogP contribution is -2.17. The largest absolute Gasteiger partial charge is 0.348 e. The number of hydrogen-bond acceptors (Lipinski definition) is 5. The zero-order valence-corrected chi connectivity index (χ0v) is 15.4. The van der Waals surface area contributed by atoms with Crippen LogP contribution in [0.15, 0.2) is 6.07 Å². The van der Waals surface area contributed by atoms with Gasteiger partial charge < -0.3 is 10.2 Å². The number of hydrogen-bond donors (Lipinski definition) is 1. The third-order valence-corrected chi connectivity index (χ3v) is 5.67. The molecule has 3 rings (SSSR count). The van der Waals surface area contributed by atoms with E-state index in [-0.39, 0.29) is 0 Å². The predicted octanol–water partition coefficient (Wildman–Crippen LogP) is 3.39. The molecule has 0 saturated carbocycles. The fourth-order valence-corrected chi connectivity index (χ4v) is 4.22. The van der Waals surface area contributed by atoms with Crippen LogP contribution < -0.4 is 10.2 Å². The monoisotopic (exact) mass is 353 g/mol. The van der Waals surface area contributed by atoms with E-state index in [0.29, 0.717) is 5.15 Å². The minimum absolute atomic E-state index is 0.656. The molecule has 3 heterocycles. The van der Waals surface area contributed by atoms with Gasteiger partial charge in [0.25, 0.3) is 0 Å². The fraction of sp³-hybridized carbons (Fsp3) is 0.625. The van der Waals surface area contributed by atoms with Gasteiger partial charge in [-0.1, -0.05) is 22.9 Å². The number of thiazole rings is 1. The van der Waals surface area contributed by atoms with Gasteiger partial charge in [0.05, 0.1) is 10.6 Å². The molecule has 0 atom stereocenters. The van der Waals surface area contributed by atoms with Gasteiger partial charge in [-0.25, -0.2) is 4.98 Å². The van der Waals surface area contributed by atoms with Crippen LogP contribution in [0.25, 0.3) is 0 Å². The summed E-state index contributed by atoms with van der Waals surface area (Å²) >= 11 is 7.99.